The van der Waals surface area contributed by atoms with Gasteiger partial charge in [-0.05, 0) is 17.7 Å². The van der Waals surface area contributed by atoms with Crippen LogP contribution in [0.25, 0.3) is 0 Å². The van der Waals surface area contributed by atoms with Gasteiger partial charge in [-0.1, -0.05) is 17.7 Å². The molecule has 0 unspecified atom stereocenters. The molecule has 6 heteroatoms. The van der Waals surface area contributed by atoms with E-state index in [1.165, 1.54) is 0 Å². The average molecular weight is 314 g/mol. The lowest BCUT2D eigenvalue weighted by Gasteiger charge is -2.20. The molecule has 0 aliphatic carbocycles. The van der Waals surface area contributed by atoms with E-state index >= 15 is 0 Å². The molecule has 1 amide bonds. The van der Waals surface area contributed by atoms with Crippen LogP contribution in [0.4, 0.5) is 5.69 Å². The third-order valence-corrected chi connectivity index (χ3v) is 3.49. The minimum absolute atomic E-state index is 0.0249. The van der Waals surface area contributed by atoms with Gasteiger partial charge >= 0.3 is 0 Å². The van der Waals surface area contributed by atoms with Crippen molar-refractivity contribution >= 4 is 23.2 Å². The largest absolute Gasteiger partial charge is 0.383 e. The van der Waals surface area contributed by atoms with E-state index in [0.29, 0.717) is 24.6 Å². The molecule has 0 fully saturated rings. The van der Waals surface area contributed by atoms with Crippen molar-refractivity contribution in [2.75, 3.05) is 45.8 Å². The maximum Gasteiger partial charge on any atom is 0.221 e. The van der Waals surface area contributed by atoms with Gasteiger partial charge in [-0.2, -0.15) is 0 Å². The number of ether oxygens (including phenoxy) is 1. The van der Waals surface area contributed by atoms with Gasteiger partial charge in [0.1, 0.15) is 0 Å². The van der Waals surface area contributed by atoms with Gasteiger partial charge in [0.25, 0.3) is 0 Å². The molecule has 0 aromatic heterocycles. The molecule has 1 aromatic carbocycles. The molecule has 2 N–H and O–H groups in total. The van der Waals surface area contributed by atoms with E-state index in [0.717, 1.165) is 24.3 Å². The molecule has 118 valence electrons. The summed E-state index contributed by atoms with van der Waals surface area (Å²) >= 11 is 6.32. The standard InChI is InChI=1S/C15H24ClN3O2/c1-17-15(20)6-8-19(2)14-5-4-12(10-13(14)16)11-18-7-9-21-3/h4-5,10,18H,6-9,11H2,1-3H3,(H,17,20). The first-order valence-corrected chi connectivity index (χ1v) is 7.36. The van der Waals surface area contributed by atoms with Crippen LogP contribution in [0, 0.1) is 0 Å². The van der Waals surface area contributed by atoms with Crippen LogP contribution >= 0.6 is 11.6 Å². The summed E-state index contributed by atoms with van der Waals surface area (Å²) < 4.78 is 4.98. The minimum atomic E-state index is 0.0249. The van der Waals surface area contributed by atoms with Gasteiger partial charge in [0.15, 0.2) is 0 Å². The fourth-order valence-corrected chi connectivity index (χ4v) is 2.24. The lowest BCUT2D eigenvalue weighted by Crippen LogP contribution is -2.26. The summed E-state index contributed by atoms with van der Waals surface area (Å²) in [7, 11) is 5.25. The van der Waals surface area contributed by atoms with E-state index in [1.54, 1.807) is 14.2 Å². The lowest BCUT2D eigenvalue weighted by atomic mass is 10.2. The molecule has 0 saturated heterocycles. The first-order chi connectivity index (χ1) is 10.1. The number of nitrogens with one attached hydrogen (secondary N) is 2. The number of amides is 1. The molecular formula is C15H24ClN3O2. The molecule has 21 heavy (non-hydrogen) atoms. The number of rotatable bonds is 9. The van der Waals surface area contributed by atoms with Crippen molar-refractivity contribution < 1.29 is 9.53 Å². The van der Waals surface area contributed by atoms with E-state index < -0.39 is 0 Å². The number of nitrogens with zero attached hydrogens (tertiary/aromatic N) is 1. The summed E-state index contributed by atoms with van der Waals surface area (Å²) in [6, 6.07) is 5.98. The van der Waals surface area contributed by atoms with Crippen molar-refractivity contribution in [3.05, 3.63) is 28.8 Å². The summed E-state index contributed by atoms with van der Waals surface area (Å²) in [4.78, 5) is 13.3. The molecule has 0 heterocycles. The van der Waals surface area contributed by atoms with Crippen LogP contribution in [-0.2, 0) is 16.1 Å². The Morgan fingerprint density at radius 2 is 2.19 bits per heavy atom. The molecule has 1 rings (SSSR count). The zero-order chi connectivity index (χ0) is 15.7. The third-order valence-electron chi connectivity index (χ3n) is 3.19. The lowest BCUT2D eigenvalue weighted by molar-refractivity contribution is -0.120. The number of halogens is 1. The SMILES string of the molecule is CNC(=O)CCN(C)c1ccc(CNCCOC)cc1Cl. The van der Waals surface area contributed by atoms with Crippen molar-refractivity contribution in [3.63, 3.8) is 0 Å². The number of hydrogen-bond donors (Lipinski definition) is 2. The maximum atomic E-state index is 11.3. The Balaban J connectivity index is 2.54. The average Bonchev–Trinajstić information content (AvgIpc) is 2.49. The van der Waals surface area contributed by atoms with Gasteiger partial charge in [-0.15, -0.1) is 0 Å². The highest BCUT2D eigenvalue weighted by molar-refractivity contribution is 6.33. The minimum Gasteiger partial charge on any atom is -0.383 e. The number of hydrogen-bond acceptors (Lipinski definition) is 4. The van der Waals surface area contributed by atoms with E-state index in [9.17, 15) is 4.79 Å². The van der Waals surface area contributed by atoms with Crippen LogP contribution in [0.5, 0.6) is 0 Å². The number of anilines is 1. The Morgan fingerprint density at radius 3 is 2.81 bits per heavy atom. The Labute approximate surface area is 131 Å². The van der Waals surface area contributed by atoms with Crippen LogP contribution in [0.3, 0.4) is 0 Å². The smallest absolute Gasteiger partial charge is 0.221 e. The molecule has 5 nitrogen and oxygen atoms in total. The van der Waals surface area contributed by atoms with Gasteiger partial charge < -0.3 is 20.3 Å². The van der Waals surface area contributed by atoms with Crippen LogP contribution < -0.4 is 15.5 Å². The van der Waals surface area contributed by atoms with Crippen molar-refractivity contribution in [1.82, 2.24) is 10.6 Å². The van der Waals surface area contributed by atoms with Crippen molar-refractivity contribution in [3.8, 4) is 0 Å². The summed E-state index contributed by atoms with van der Waals surface area (Å²) in [5.74, 6) is 0.0249. The Bertz CT molecular complexity index is 455. The highest BCUT2D eigenvalue weighted by Crippen LogP contribution is 2.26. The summed E-state index contributed by atoms with van der Waals surface area (Å²) in [6.07, 6.45) is 0.448. The molecule has 1 aromatic rings. The second-order valence-electron chi connectivity index (χ2n) is 4.80. The van der Waals surface area contributed by atoms with E-state index in [4.69, 9.17) is 16.3 Å². The number of benzene rings is 1. The summed E-state index contributed by atoms with van der Waals surface area (Å²) in [5.41, 5.74) is 2.06. The Kier molecular flexibility index (Phi) is 8.12. The topological polar surface area (TPSA) is 53.6 Å². The quantitative estimate of drug-likeness (QED) is 0.681. The van der Waals surface area contributed by atoms with Gasteiger partial charge in [0, 0.05) is 47.3 Å². The zero-order valence-corrected chi connectivity index (χ0v) is 13.7. The predicted molar refractivity (Wildman–Crippen MR) is 87.0 cm³/mol. The predicted octanol–water partition coefficient (Wildman–Crippen LogP) is 1.65. The summed E-state index contributed by atoms with van der Waals surface area (Å²) in [6.45, 7) is 2.88. The van der Waals surface area contributed by atoms with E-state index in [-0.39, 0.29) is 5.91 Å². The van der Waals surface area contributed by atoms with Crippen LogP contribution in [0.1, 0.15) is 12.0 Å². The molecule has 0 bridgehead atoms. The van der Waals surface area contributed by atoms with Crippen molar-refractivity contribution in [2.24, 2.45) is 0 Å². The molecule has 0 radical (unpaired) electrons. The normalized spacial score (nSPS) is 10.5. The van der Waals surface area contributed by atoms with Crippen molar-refractivity contribution in [2.45, 2.75) is 13.0 Å². The second-order valence-corrected chi connectivity index (χ2v) is 5.21. The van der Waals surface area contributed by atoms with E-state index in [2.05, 4.69) is 10.6 Å². The molecule has 0 aliphatic heterocycles. The monoisotopic (exact) mass is 313 g/mol. The van der Waals surface area contributed by atoms with Crippen molar-refractivity contribution in [1.29, 1.82) is 0 Å². The number of methoxy groups -OCH3 is 1. The molecule has 0 saturated carbocycles. The third kappa shape index (κ3) is 6.33. The molecule has 0 spiro atoms. The fourth-order valence-electron chi connectivity index (χ4n) is 1.89. The summed E-state index contributed by atoms with van der Waals surface area (Å²) in [5, 5.41) is 6.58. The van der Waals surface area contributed by atoms with E-state index in [1.807, 2.05) is 30.1 Å². The van der Waals surface area contributed by atoms with Gasteiger partial charge in [0.05, 0.1) is 17.3 Å². The van der Waals surface area contributed by atoms with Crippen LogP contribution in [-0.4, -0.2) is 46.8 Å². The van der Waals surface area contributed by atoms with Crippen LogP contribution in [0.15, 0.2) is 18.2 Å². The van der Waals surface area contributed by atoms with Gasteiger partial charge in [0.2, 0.25) is 5.91 Å². The maximum absolute atomic E-state index is 11.3. The molecule has 0 atom stereocenters. The fraction of sp³-hybridized carbons (Fsp3) is 0.533. The zero-order valence-electron chi connectivity index (χ0n) is 12.9. The van der Waals surface area contributed by atoms with Crippen LogP contribution in [0.2, 0.25) is 5.02 Å². The number of carbonyl (C=O) groups is 1. The highest BCUT2D eigenvalue weighted by Gasteiger charge is 2.08. The highest BCUT2D eigenvalue weighted by atomic mass is 35.5. The van der Waals surface area contributed by atoms with Gasteiger partial charge in [-0.3, -0.25) is 4.79 Å². The molecule has 0 aliphatic rings. The first kappa shape index (κ1) is 17.8. The Morgan fingerprint density at radius 1 is 1.43 bits per heavy atom. The molecular weight excluding hydrogens is 290 g/mol. The second kappa shape index (κ2) is 9.60. The van der Waals surface area contributed by atoms with Gasteiger partial charge in [-0.25, -0.2) is 0 Å². The first-order valence-electron chi connectivity index (χ1n) is 6.98. The number of carbonyl (C=O) groups excluding carboxylic acids is 1. The Hall–Kier alpha value is -1.30.